The second-order valence-corrected chi connectivity index (χ2v) is 4.16. The zero-order valence-corrected chi connectivity index (χ0v) is 10.5. The molecule has 0 saturated carbocycles. The first-order valence-corrected chi connectivity index (χ1v) is 5.73. The average Bonchev–Trinajstić information content (AvgIpc) is 2.87. The van der Waals surface area contributed by atoms with Gasteiger partial charge in [-0.3, -0.25) is 4.79 Å². The van der Waals surface area contributed by atoms with Crippen molar-refractivity contribution in [2.75, 3.05) is 13.9 Å². The molecule has 3 rings (SSSR count). The van der Waals surface area contributed by atoms with Crippen molar-refractivity contribution in [3.8, 4) is 28.4 Å². The molecule has 0 aliphatic carbocycles. The Balaban J connectivity index is 2.24. The van der Waals surface area contributed by atoms with Crippen molar-refractivity contribution < 1.29 is 14.2 Å². The molecule has 1 aliphatic rings. The quantitative estimate of drug-likeness (QED) is 0.885. The van der Waals surface area contributed by atoms with E-state index in [1.54, 1.807) is 32.2 Å². The Morgan fingerprint density at radius 3 is 2.68 bits per heavy atom. The molecule has 1 aliphatic heterocycles. The van der Waals surface area contributed by atoms with Gasteiger partial charge in [0.2, 0.25) is 6.79 Å². The van der Waals surface area contributed by atoms with Crippen LogP contribution < -0.4 is 19.8 Å². The van der Waals surface area contributed by atoms with Crippen LogP contribution in [0.25, 0.3) is 11.1 Å². The largest absolute Gasteiger partial charge is 0.496 e. The molecule has 1 N–H and O–H groups in total. The Bertz CT molecular complexity index is 694. The lowest BCUT2D eigenvalue weighted by molar-refractivity contribution is 0.174. The van der Waals surface area contributed by atoms with E-state index in [9.17, 15) is 4.79 Å². The molecule has 0 atom stereocenters. The third kappa shape index (κ3) is 1.91. The molecular formula is C13H12N2O4. The number of rotatable bonds is 2. The van der Waals surface area contributed by atoms with Gasteiger partial charge in [-0.05, 0) is 19.1 Å². The van der Waals surface area contributed by atoms with Crippen LogP contribution in [-0.4, -0.2) is 24.1 Å². The normalized spacial score (nSPS) is 12.5. The van der Waals surface area contributed by atoms with Crippen LogP contribution in [0, 0.1) is 6.92 Å². The van der Waals surface area contributed by atoms with Crippen LogP contribution in [0.2, 0.25) is 0 Å². The Labute approximate surface area is 108 Å². The minimum atomic E-state index is -0.275. The van der Waals surface area contributed by atoms with Crippen molar-refractivity contribution in [2.24, 2.45) is 0 Å². The van der Waals surface area contributed by atoms with Crippen molar-refractivity contribution in [3.63, 3.8) is 0 Å². The van der Waals surface area contributed by atoms with E-state index in [-0.39, 0.29) is 12.4 Å². The highest BCUT2D eigenvalue weighted by molar-refractivity contribution is 5.74. The summed E-state index contributed by atoms with van der Waals surface area (Å²) < 4.78 is 15.9. The van der Waals surface area contributed by atoms with E-state index in [0.29, 0.717) is 34.1 Å². The van der Waals surface area contributed by atoms with E-state index >= 15 is 0 Å². The lowest BCUT2D eigenvalue weighted by atomic mass is 10.1. The SMILES string of the molecule is COc1cc2c(cc1-c1cc(C)n[nH]c1=O)OCO2. The number of nitrogens with zero attached hydrogens (tertiary/aromatic N) is 1. The van der Waals surface area contributed by atoms with Crippen LogP contribution in [0.4, 0.5) is 0 Å². The summed E-state index contributed by atoms with van der Waals surface area (Å²) in [6.45, 7) is 1.98. The molecular weight excluding hydrogens is 248 g/mol. The standard InChI is InChI=1S/C13H12N2O4/c1-7-3-9(13(16)15-14-7)8-4-11-12(19-6-18-11)5-10(8)17-2/h3-5H,6H2,1-2H3,(H,15,16). The molecule has 6 nitrogen and oxygen atoms in total. The fourth-order valence-corrected chi connectivity index (χ4v) is 2.01. The lowest BCUT2D eigenvalue weighted by Gasteiger charge is -2.09. The van der Waals surface area contributed by atoms with Gasteiger partial charge in [0.1, 0.15) is 5.75 Å². The second-order valence-electron chi connectivity index (χ2n) is 4.16. The van der Waals surface area contributed by atoms with E-state index in [2.05, 4.69) is 10.2 Å². The van der Waals surface area contributed by atoms with E-state index in [0.717, 1.165) is 0 Å². The summed E-state index contributed by atoms with van der Waals surface area (Å²) >= 11 is 0. The van der Waals surface area contributed by atoms with E-state index in [1.807, 2.05) is 0 Å². The number of aromatic nitrogens is 2. The van der Waals surface area contributed by atoms with E-state index in [4.69, 9.17) is 14.2 Å². The van der Waals surface area contributed by atoms with Crippen molar-refractivity contribution >= 4 is 0 Å². The van der Waals surface area contributed by atoms with Crippen LogP contribution in [0.5, 0.6) is 17.2 Å². The minimum Gasteiger partial charge on any atom is -0.496 e. The maximum absolute atomic E-state index is 11.9. The van der Waals surface area contributed by atoms with Crippen LogP contribution in [0.1, 0.15) is 5.69 Å². The third-order valence-electron chi connectivity index (χ3n) is 2.92. The fourth-order valence-electron chi connectivity index (χ4n) is 2.01. The molecule has 2 aromatic rings. The van der Waals surface area contributed by atoms with Gasteiger partial charge in [-0.25, -0.2) is 5.10 Å². The molecule has 0 fully saturated rings. The predicted molar refractivity (Wildman–Crippen MR) is 67.7 cm³/mol. The van der Waals surface area contributed by atoms with Gasteiger partial charge in [0.05, 0.1) is 18.4 Å². The van der Waals surface area contributed by atoms with Gasteiger partial charge in [-0.15, -0.1) is 0 Å². The average molecular weight is 260 g/mol. The zero-order valence-electron chi connectivity index (χ0n) is 10.5. The number of methoxy groups -OCH3 is 1. The topological polar surface area (TPSA) is 73.4 Å². The number of hydrogen-bond donors (Lipinski definition) is 1. The summed E-state index contributed by atoms with van der Waals surface area (Å²) in [5.41, 5.74) is 1.58. The van der Waals surface area contributed by atoms with Gasteiger partial charge in [0, 0.05) is 11.6 Å². The molecule has 0 spiro atoms. The molecule has 2 heterocycles. The molecule has 19 heavy (non-hydrogen) atoms. The molecule has 0 radical (unpaired) electrons. The van der Waals surface area contributed by atoms with Crippen LogP contribution in [0.15, 0.2) is 23.0 Å². The summed E-state index contributed by atoms with van der Waals surface area (Å²) in [4.78, 5) is 11.9. The summed E-state index contributed by atoms with van der Waals surface area (Å²) in [5, 5.41) is 6.31. The molecule has 98 valence electrons. The number of nitrogens with one attached hydrogen (secondary N) is 1. The van der Waals surface area contributed by atoms with Gasteiger partial charge in [0.25, 0.3) is 5.56 Å². The summed E-state index contributed by atoms with van der Waals surface area (Å²) in [6, 6.07) is 5.16. The Morgan fingerprint density at radius 1 is 1.21 bits per heavy atom. The number of ether oxygens (including phenoxy) is 3. The van der Waals surface area contributed by atoms with Gasteiger partial charge in [0.15, 0.2) is 11.5 Å². The molecule has 6 heteroatoms. The van der Waals surface area contributed by atoms with Gasteiger partial charge >= 0.3 is 0 Å². The van der Waals surface area contributed by atoms with Crippen LogP contribution in [0.3, 0.4) is 0 Å². The minimum absolute atomic E-state index is 0.174. The van der Waals surface area contributed by atoms with E-state index < -0.39 is 0 Å². The maximum atomic E-state index is 11.9. The van der Waals surface area contributed by atoms with Crippen molar-refractivity contribution in [3.05, 3.63) is 34.2 Å². The molecule has 1 aromatic carbocycles. The third-order valence-corrected chi connectivity index (χ3v) is 2.92. The number of benzene rings is 1. The summed E-state index contributed by atoms with van der Waals surface area (Å²) in [5.74, 6) is 1.77. The van der Waals surface area contributed by atoms with Gasteiger partial charge in [-0.1, -0.05) is 0 Å². The molecule has 1 aromatic heterocycles. The van der Waals surface area contributed by atoms with E-state index in [1.165, 1.54) is 0 Å². The lowest BCUT2D eigenvalue weighted by Crippen LogP contribution is -2.11. The summed E-state index contributed by atoms with van der Waals surface area (Å²) in [7, 11) is 1.54. The van der Waals surface area contributed by atoms with Crippen molar-refractivity contribution in [1.29, 1.82) is 0 Å². The number of hydrogen-bond acceptors (Lipinski definition) is 5. The van der Waals surface area contributed by atoms with Gasteiger partial charge < -0.3 is 14.2 Å². The Morgan fingerprint density at radius 2 is 1.95 bits per heavy atom. The first-order valence-electron chi connectivity index (χ1n) is 5.73. The number of fused-ring (bicyclic) bond motifs is 1. The van der Waals surface area contributed by atoms with Crippen molar-refractivity contribution in [2.45, 2.75) is 6.92 Å². The molecule has 0 bridgehead atoms. The summed E-state index contributed by atoms with van der Waals surface area (Å²) in [6.07, 6.45) is 0. The molecule has 0 unspecified atom stereocenters. The predicted octanol–water partition coefficient (Wildman–Crippen LogP) is 1.48. The number of H-pyrrole nitrogens is 1. The number of aromatic amines is 1. The second kappa shape index (κ2) is 4.31. The van der Waals surface area contributed by atoms with Crippen LogP contribution in [-0.2, 0) is 0 Å². The maximum Gasteiger partial charge on any atom is 0.272 e. The Hall–Kier alpha value is -2.50. The highest BCUT2D eigenvalue weighted by Crippen LogP contribution is 2.41. The monoisotopic (exact) mass is 260 g/mol. The fraction of sp³-hybridized carbons (Fsp3) is 0.231. The van der Waals surface area contributed by atoms with Gasteiger partial charge in [-0.2, -0.15) is 5.10 Å². The smallest absolute Gasteiger partial charge is 0.272 e. The first kappa shape index (κ1) is 11.6. The zero-order chi connectivity index (χ0) is 13.4. The van der Waals surface area contributed by atoms with Crippen LogP contribution >= 0.6 is 0 Å². The molecule has 0 saturated heterocycles. The highest BCUT2D eigenvalue weighted by Gasteiger charge is 2.20. The highest BCUT2D eigenvalue weighted by atomic mass is 16.7. The van der Waals surface area contributed by atoms with Crippen molar-refractivity contribution in [1.82, 2.24) is 10.2 Å². The Kier molecular flexibility index (Phi) is 2.63. The first-order chi connectivity index (χ1) is 9.19. The molecule has 0 amide bonds. The number of aryl methyl sites for hydroxylation is 1.